The maximum absolute atomic E-state index is 11.7. The molecule has 1 aromatic carbocycles. The van der Waals surface area contributed by atoms with Crippen LogP contribution < -0.4 is 5.32 Å². The Kier molecular flexibility index (Phi) is 5.42. The average Bonchev–Trinajstić information content (AvgIpc) is 2.54. The van der Waals surface area contributed by atoms with E-state index in [1.54, 1.807) is 6.07 Å². The Hall–Kier alpha value is -2.96. The highest BCUT2D eigenvalue weighted by Gasteiger charge is 2.21. The van der Waals surface area contributed by atoms with Gasteiger partial charge in [0.1, 0.15) is 12.6 Å². The van der Waals surface area contributed by atoms with Crippen molar-refractivity contribution in [2.24, 2.45) is 0 Å². The molecule has 2 aromatic rings. The molecular weight excluding hydrogens is 286 g/mol. The molecule has 0 saturated heterocycles. The number of ether oxygens (including phenoxy) is 1. The van der Waals surface area contributed by atoms with Gasteiger partial charge in [-0.3, -0.25) is 0 Å². The smallest absolute Gasteiger partial charge is 0.408 e. The predicted molar refractivity (Wildman–Crippen MR) is 76.9 cm³/mol. The van der Waals surface area contributed by atoms with E-state index in [9.17, 15) is 9.59 Å². The van der Waals surface area contributed by atoms with Crippen LogP contribution in [0.15, 0.2) is 48.8 Å². The van der Waals surface area contributed by atoms with Crippen LogP contribution in [-0.2, 0) is 22.6 Å². The Morgan fingerprint density at radius 3 is 2.55 bits per heavy atom. The molecule has 22 heavy (non-hydrogen) atoms. The predicted octanol–water partition coefficient (Wildman–Crippen LogP) is 1.40. The number of hydrogen-bond donors (Lipinski definition) is 2. The number of alkyl carbamates (subject to hydrolysis) is 1. The molecule has 0 saturated carbocycles. The number of rotatable bonds is 6. The number of nitrogens with one attached hydrogen (secondary N) is 1. The Morgan fingerprint density at radius 1 is 1.14 bits per heavy atom. The summed E-state index contributed by atoms with van der Waals surface area (Å²) >= 11 is 0. The topological polar surface area (TPSA) is 101 Å². The SMILES string of the molecule is O=C(NC(Cc1ccnnc1)C(=O)O)OCc1ccccc1. The van der Waals surface area contributed by atoms with Gasteiger partial charge in [0.25, 0.3) is 0 Å². The number of carboxylic acids is 1. The number of benzene rings is 1. The third-order valence-electron chi connectivity index (χ3n) is 2.89. The molecule has 0 aliphatic carbocycles. The first-order valence-corrected chi connectivity index (χ1v) is 6.61. The quantitative estimate of drug-likeness (QED) is 0.836. The molecule has 0 fully saturated rings. The van der Waals surface area contributed by atoms with Gasteiger partial charge in [-0.05, 0) is 17.2 Å². The Labute approximate surface area is 127 Å². The fourth-order valence-electron chi connectivity index (χ4n) is 1.78. The van der Waals surface area contributed by atoms with E-state index < -0.39 is 18.1 Å². The van der Waals surface area contributed by atoms with Crippen LogP contribution in [0.2, 0.25) is 0 Å². The van der Waals surface area contributed by atoms with Crippen LogP contribution in [0.25, 0.3) is 0 Å². The maximum atomic E-state index is 11.7. The normalized spacial score (nSPS) is 11.5. The molecule has 1 unspecified atom stereocenters. The molecule has 0 aliphatic rings. The van der Waals surface area contributed by atoms with Crippen LogP contribution in [0.3, 0.4) is 0 Å². The average molecular weight is 301 g/mol. The van der Waals surface area contributed by atoms with Crippen molar-refractivity contribution in [3.05, 3.63) is 59.9 Å². The molecule has 1 heterocycles. The molecule has 114 valence electrons. The summed E-state index contributed by atoms with van der Waals surface area (Å²) in [6.07, 6.45) is 2.23. The summed E-state index contributed by atoms with van der Waals surface area (Å²) in [5.74, 6) is -1.14. The summed E-state index contributed by atoms with van der Waals surface area (Å²) in [7, 11) is 0. The van der Waals surface area contributed by atoms with Gasteiger partial charge >= 0.3 is 12.1 Å². The second-order valence-electron chi connectivity index (χ2n) is 4.55. The van der Waals surface area contributed by atoms with Crippen molar-refractivity contribution in [3.8, 4) is 0 Å². The van der Waals surface area contributed by atoms with Gasteiger partial charge in [0, 0.05) is 12.6 Å². The van der Waals surface area contributed by atoms with Crippen molar-refractivity contribution in [1.29, 1.82) is 0 Å². The Balaban J connectivity index is 1.88. The maximum Gasteiger partial charge on any atom is 0.408 e. The highest BCUT2D eigenvalue weighted by atomic mass is 16.5. The molecule has 2 N–H and O–H groups in total. The largest absolute Gasteiger partial charge is 0.480 e. The monoisotopic (exact) mass is 301 g/mol. The number of carboxylic acid groups (broad SMARTS) is 1. The van der Waals surface area contributed by atoms with E-state index in [4.69, 9.17) is 9.84 Å². The highest BCUT2D eigenvalue weighted by molar-refractivity contribution is 5.80. The molecule has 0 spiro atoms. The summed E-state index contributed by atoms with van der Waals surface area (Å²) in [5.41, 5.74) is 1.48. The molecule has 7 nitrogen and oxygen atoms in total. The van der Waals surface area contributed by atoms with E-state index in [0.29, 0.717) is 5.56 Å². The first-order chi connectivity index (χ1) is 10.6. The standard InChI is InChI=1S/C15H15N3O4/c19-14(20)13(8-12-6-7-16-17-9-12)18-15(21)22-10-11-4-2-1-3-5-11/h1-7,9,13H,8,10H2,(H,18,21)(H,19,20). The molecule has 0 bridgehead atoms. The third kappa shape index (κ3) is 4.86. The van der Waals surface area contributed by atoms with E-state index in [2.05, 4.69) is 15.5 Å². The van der Waals surface area contributed by atoms with Gasteiger partial charge in [-0.15, -0.1) is 0 Å². The van der Waals surface area contributed by atoms with Crippen LogP contribution >= 0.6 is 0 Å². The van der Waals surface area contributed by atoms with Gasteiger partial charge < -0.3 is 15.2 Å². The zero-order chi connectivity index (χ0) is 15.8. The van der Waals surface area contributed by atoms with Crippen molar-refractivity contribution < 1.29 is 19.4 Å². The van der Waals surface area contributed by atoms with Crippen molar-refractivity contribution in [2.45, 2.75) is 19.1 Å². The van der Waals surface area contributed by atoms with E-state index in [1.807, 2.05) is 30.3 Å². The van der Waals surface area contributed by atoms with Crippen molar-refractivity contribution in [1.82, 2.24) is 15.5 Å². The number of aromatic nitrogens is 2. The van der Waals surface area contributed by atoms with E-state index >= 15 is 0 Å². The Morgan fingerprint density at radius 2 is 1.91 bits per heavy atom. The molecule has 7 heteroatoms. The van der Waals surface area contributed by atoms with Crippen LogP contribution in [0.5, 0.6) is 0 Å². The highest BCUT2D eigenvalue weighted by Crippen LogP contribution is 2.03. The number of carbonyl (C=O) groups is 2. The molecule has 0 radical (unpaired) electrons. The fraction of sp³-hybridized carbons (Fsp3) is 0.200. The fourth-order valence-corrected chi connectivity index (χ4v) is 1.78. The lowest BCUT2D eigenvalue weighted by atomic mass is 10.1. The number of hydrogen-bond acceptors (Lipinski definition) is 5. The lowest BCUT2D eigenvalue weighted by Crippen LogP contribution is -2.42. The second kappa shape index (κ2) is 7.72. The minimum Gasteiger partial charge on any atom is -0.480 e. The molecule has 1 amide bonds. The summed E-state index contributed by atoms with van der Waals surface area (Å²) in [6.45, 7) is 0.0792. The van der Waals surface area contributed by atoms with Crippen LogP contribution in [0.1, 0.15) is 11.1 Å². The van der Waals surface area contributed by atoms with Crippen LogP contribution in [0.4, 0.5) is 4.79 Å². The van der Waals surface area contributed by atoms with Gasteiger partial charge in [-0.1, -0.05) is 30.3 Å². The zero-order valence-electron chi connectivity index (χ0n) is 11.7. The molecule has 2 rings (SSSR count). The van der Waals surface area contributed by atoms with Gasteiger partial charge in [0.2, 0.25) is 0 Å². The van der Waals surface area contributed by atoms with Crippen molar-refractivity contribution in [3.63, 3.8) is 0 Å². The molecule has 1 aromatic heterocycles. The van der Waals surface area contributed by atoms with Gasteiger partial charge in [-0.25, -0.2) is 9.59 Å². The van der Waals surface area contributed by atoms with E-state index in [0.717, 1.165) is 5.56 Å². The molecule has 1 atom stereocenters. The Bertz CT molecular complexity index is 619. The lowest BCUT2D eigenvalue weighted by Gasteiger charge is -2.14. The third-order valence-corrected chi connectivity index (χ3v) is 2.89. The number of nitrogens with zero attached hydrogens (tertiary/aromatic N) is 2. The first-order valence-electron chi connectivity index (χ1n) is 6.61. The van der Waals surface area contributed by atoms with E-state index in [-0.39, 0.29) is 13.0 Å². The number of amides is 1. The van der Waals surface area contributed by atoms with Crippen LogP contribution in [0, 0.1) is 0 Å². The van der Waals surface area contributed by atoms with Gasteiger partial charge in [-0.2, -0.15) is 10.2 Å². The summed E-state index contributed by atoms with van der Waals surface area (Å²) in [6, 6.07) is 9.68. The number of aliphatic carboxylic acids is 1. The summed E-state index contributed by atoms with van der Waals surface area (Å²) in [4.78, 5) is 22.9. The first kappa shape index (κ1) is 15.4. The molecular formula is C15H15N3O4. The van der Waals surface area contributed by atoms with Crippen molar-refractivity contribution >= 4 is 12.1 Å². The van der Waals surface area contributed by atoms with Crippen molar-refractivity contribution in [2.75, 3.05) is 0 Å². The minimum atomic E-state index is -1.14. The van der Waals surface area contributed by atoms with Gasteiger partial charge in [0.05, 0.1) is 6.20 Å². The summed E-state index contributed by atoms with van der Waals surface area (Å²) < 4.78 is 5.01. The van der Waals surface area contributed by atoms with E-state index in [1.165, 1.54) is 12.4 Å². The molecule has 0 aliphatic heterocycles. The zero-order valence-corrected chi connectivity index (χ0v) is 11.7. The second-order valence-corrected chi connectivity index (χ2v) is 4.55. The number of carbonyl (C=O) groups excluding carboxylic acids is 1. The summed E-state index contributed by atoms with van der Waals surface area (Å²) in [5, 5.41) is 18.8. The van der Waals surface area contributed by atoms with Gasteiger partial charge in [0.15, 0.2) is 0 Å². The van der Waals surface area contributed by atoms with Crippen LogP contribution in [-0.4, -0.2) is 33.4 Å². The lowest BCUT2D eigenvalue weighted by molar-refractivity contribution is -0.139. The minimum absolute atomic E-state index is 0.0792.